The number of hydrogen-bond acceptors (Lipinski definition) is 7. The van der Waals surface area contributed by atoms with Gasteiger partial charge in [0.25, 0.3) is 5.78 Å². The predicted molar refractivity (Wildman–Crippen MR) is 132 cm³/mol. The van der Waals surface area contributed by atoms with Gasteiger partial charge in [-0.1, -0.05) is 18.2 Å². The summed E-state index contributed by atoms with van der Waals surface area (Å²) in [7, 11) is 0. The highest BCUT2D eigenvalue weighted by molar-refractivity contribution is 6.39. The molecule has 0 amide bonds. The monoisotopic (exact) mass is 493 g/mol. The summed E-state index contributed by atoms with van der Waals surface area (Å²) in [5, 5.41) is 10.8. The van der Waals surface area contributed by atoms with Crippen LogP contribution in [-0.2, 0) is 30.4 Å². The first-order valence-corrected chi connectivity index (χ1v) is 11.1. The van der Waals surface area contributed by atoms with Gasteiger partial charge in [0.2, 0.25) is 0 Å². The average Bonchev–Trinajstić information content (AvgIpc) is 2.86. The third-order valence-electron chi connectivity index (χ3n) is 5.09. The van der Waals surface area contributed by atoms with Crippen LogP contribution in [0.3, 0.4) is 0 Å². The van der Waals surface area contributed by atoms with Crippen LogP contribution in [-0.4, -0.2) is 40.6 Å². The number of aliphatic hydroxyl groups excluding tert-OH is 1. The number of carbonyl (C=O) groups excluding carboxylic acids is 3. The number of ether oxygens (including phenoxy) is 2. The van der Waals surface area contributed by atoms with E-state index in [2.05, 4.69) is 4.74 Å². The Morgan fingerprint density at radius 3 is 2.39 bits per heavy atom. The number of carbonyl (C=O) groups is 3. The first-order chi connectivity index (χ1) is 17.2. The number of fused-ring (bicyclic) bond motifs is 1. The number of halogens is 1. The largest absolute Gasteiger partial charge is 0.507 e. The lowest BCUT2D eigenvalue weighted by molar-refractivity contribution is -0.151. The average molecular weight is 493 g/mol. The Morgan fingerprint density at radius 2 is 1.72 bits per heavy atom. The molecule has 0 spiro atoms. The third-order valence-corrected chi connectivity index (χ3v) is 5.09. The molecule has 0 aliphatic rings. The minimum Gasteiger partial charge on any atom is -0.507 e. The van der Waals surface area contributed by atoms with E-state index >= 15 is 0 Å². The minimum absolute atomic E-state index is 0.0261. The van der Waals surface area contributed by atoms with E-state index in [0.29, 0.717) is 22.7 Å². The lowest BCUT2D eigenvalue weighted by Crippen LogP contribution is -2.18. The van der Waals surface area contributed by atoms with Gasteiger partial charge in [-0.25, -0.2) is 14.0 Å². The van der Waals surface area contributed by atoms with Crippen molar-refractivity contribution in [1.82, 2.24) is 4.57 Å². The van der Waals surface area contributed by atoms with Crippen molar-refractivity contribution in [2.45, 2.75) is 20.4 Å². The third kappa shape index (κ3) is 6.32. The van der Waals surface area contributed by atoms with Crippen molar-refractivity contribution in [1.29, 1.82) is 0 Å². The highest BCUT2D eigenvalue weighted by Gasteiger charge is 2.18. The molecule has 0 saturated carbocycles. The Hall–Kier alpha value is -4.53. The Morgan fingerprint density at radius 1 is 1.03 bits per heavy atom. The van der Waals surface area contributed by atoms with Crippen molar-refractivity contribution in [2.24, 2.45) is 0 Å². The van der Waals surface area contributed by atoms with Crippen LogP contribution in [0.25, 0.3) is 22.7 Å². The molecular weight excluding hydrogens is 469 g/mol. The SMILES string of the molecule is CCOC(=O)/C=C/c1ccc2c(c1)c(=O)c(/C(O)=C/C(=O)C(=O)OCC)cn2Cc1ccc(F)cc1. The molecule has 1 aromatic heterocycles. The fourth-order valence-electron chi connectivity index (χ4n) is 3.44. The van der Waals surface area contributed by atoms with Crippen LogP contribution in [0.2, 0.25) is 0 Å². The fourth-order valence-corrected chi connectivity index (χ4v) is 3.44. The van der Waals surface area contributed by atoms with E-state index in [-0.39, 0.29) is 30.7 Å². The lowest BCUT2D eigenvalue weighted by Gasteiger charge is -2.14. The second kappa shape index (κ2) is 11.7. The van der Waals surface area contributed by atoms with Gasteiger partial charge in [-0.05, 0) is 55.3 Å². The number of hydrogen-bond donors (Lipinski definition) is 1. The Kier molecular flexibility index (Phi) is 8.51. The van der Waals surface area contributed by atoms with Crippen molar-refractivity contribution < 1.29 is 33.4 Å². The summed E-state index contributed by atoms with van der Waals surface area (Å²) in [5.41, 5.74) is 0.894. The molecule has 0 aliphatic carbocycles. The van der Waals surface area contributed by atoms with Crippen LogP contribution in [0.15, 0.2) is 65.6 Å². The zero-order valence-electron chi connectivity index (χ0n) is 19.7. The normalized spacial score (nSPS) is 11.6. The topological polar surface area (TPSA) is 112 Å². The number of pyridine rings is 1. The molecule has 0 bridgehead atoms. The molecule has 3 aromatic rings. The highest BCUT2D eigenvalue weighted by atomic mass is 19.1. The molecule has 2 aromatic carbocycles. The van der Waals surface area contributed by atoms with Gasteiger partial charge in [-0.15, -0.1) is 0 Å². The van der Waals surface area contributed by atoms with Crippen molar-refractivity contribution in [3.63, 3.8) is 0 Å². The van der Waals surface area contributed by atoms with Crippen LogP contribution in [0.4, 0.5) is 4.39 Å². The van der Waals surface area contributed by atoms with E-state index in [0.717, 1.165) is 0 Å². The molecule has 36 heavy (non-hydrogen) atoms. The molecule has 0 fully saturated rings. The molecule has 1 N–H and O–H groups in total. The standard InChI is InChI=1S/C27H24FNO7/c1-3-35-25(32)12-8-17-7-11-22-20(13-17)26(33)21(23(30)14-24(31)27(34)36-4-2)16-29(22)15-18-5-9-19(28)10-6-18/h5-14,16,30H,3-4,15H2,1-2H3/b12-8+,23-14-. The van der Waals surface area contributed by atoms with Crippen LogP contribution in [0, 0.1) is 5.82 Å². The van der Waals surface area contributed by atoms with E-state index in [1.165, 1.54) is 43.5 Å². The smallest absolute Gasteiger partial charge is 0.379 e. The summed E-state index contributed by atoms with van der Waals surface area (Å²) in [6.07, 6.45) is 4.69. The van der Waals surface area contributed by atoms with Crippen LogP contribution in [0.1, 0.15) is 30.5 Å². The number of esters is 2. The Labute approximate surface area is 205 Å². The van der Waals surface area contributed by atoms with E-state index in [9.17, 15) is 28.7 Å². The Bertz CT molecular complexity index is 1420. The predicted octanol–water partition coefficient (Wildman–Crippen LogP) is 3.80. The van der Waals surface area contributed by atoms with Crippen molar-refractivity contribution in [2.75, 3.05) is 13.2 Å². The maximum absolute atomic E-state index is 13.4. The second-order valence-electron chi connectivity index (χ2n) is 7.60. The molecular formula is C27H24FNO7. The zero-order chi connectivity index (χ0) is 26.2. The van der Waals surface area contributed by atoms with Gasteiger partial charge < -0.3 is 19.1 Å². The summed E-state index contributed by atoms with van der Waals surface area (Å²) in [5.74, 6) is -3.94. The van der Waals surface area contributed by atoms with Crippen LogP contribution in [0.5, 0.6) is 0 Å². The summed E-state index contributed by atoms with van der Waals surface area (Å²) in [4.78, 5) is 48.7. The van der Waals surface area contributed by atoms with Gasteiger partial charge in [0.05, 0.1) is 24.3 Å². The number of ketones is 1. The molecule has 0 aliphatic heterocycles. The maximum Gasteiger partial charge on any atom is 0.379 e. The first-order valence-electron chi connectivity index (χ1n) is 11.1. The van der Waals surface area contributed by atoms with Gasteiger partial charge in [0, 0.05) is 30.3 Å². The number of rotatable bonds is 9. The molecule has 8 nitrogen and oxygen atoms in total. The van der Waals surface area contributed by atoms with Gasteiger partial charge in [-0.3, -0.25) is 9.59 Å². The van der Waals surface area contributed by atoms with E-state index in [1.54, 1.807) is 35.8 Å². The van der Waals surface area contributed by atoms with Gasteiger partial charge in [0.1, 0.15) is 11.6 Å². The molecule has 0 saturated heterocycles. The van der Waals surface area contributed by atoms with E-state index < -0.39 is 34.7 Å². The van der Waals surface area contributed by atoms with Gasteiger partial charge in [0.15, 0.2) is 5.43 Å². The molecule has 1 heterocycles. The maximum atomic E-state index is 13.4. The lowest BCUT2D eigenvalue weighted by atomic mass is 10.1. The summed E-state index contributed by atoms with van der Waals surface area (Å²) in [6, 6.07) is 10.6. The second-order valence-corrected chi connectivity index (χ2v) is 7.60. The number of benzene rings is 2. The van der Waals surface area contributed by atoms with Crippen molar-refractivity contribution in [3.05, 3.63) is 93.5 Å². The quantitative estimate of drug-likeness (QED) is 0.209. The number of aromatic nitrogens is 1. The number of nitrogens with zero attached hydrogens (tertiary/aromatic N) is 1. The summed E-state index contributed by atoms with van der Waals surface area (Å²) in [6.45, 7) is 3.61. The molecule has 186 valence electrons. The van der Waals surface area contributed by atoms with E-state index in [1.807, 2.05) is 0 Å². The van der Waals surface area contributed by atoms with Gasteiger partial charge >= 0.3 is 11.9 Å². The summed E-state index contributed by atoms with van der Waals surface area (Å²) < 4.78 is 24.5. The van der Waals surface area contributed by atoms with Crippen molar-refractivity contribution >= 4 is 40.5 Å². The molecule has 3 rings (SSSR count). The molecule has 9 heteroatoms. The Balaban J connectivity index is 2.14. The molecule has 0 radical (unpaired) electrons. The van der Waals surface area contributed by atoms with Crippen LogP contribution < -0.4 is 5.43 Å². The van der Waals surface area contributed by atoms with Gasteiger partial charge in [-0.2, -0.15) is 0 Å². The zero-order valence-corrected chi connectivity index (χ0v) is 19.7. The highest BCUT2D eigenvalue weighted by Crippen LogP contribution is 2.20. The van der Waals surface area contributed by atoms with Crippen molar-refractivity contribution in [3.8, 4) is 0 Å². The number of aliphatic hydroxyl groups is 1. The first kappa shape index (κ1) is 26.1. The fraction of sp³-hybridized carbons (Fsp3) is 0.185. The molecule has 0 unspecified atom stereocenters. The minimum atomic E-state index is -1.16. The summed E-state index contributed by atoms with van der Waals surface area (Å²) >= 11 is 0. The van der Waals surface area contributed by atoms with Crippen LogP contribution >= 0.6 is 0 Å². The van der Waals surface area contributed by atoms with E-state index in [4.69, 9.17) is 4.74 Å². The molecule has 0 atom stereocenters.